The van der Waals surface area contributed by atoms with Gasteiger partial charge in [-0.2, -0.15) is 0 Å². The van der Waals surface area contributed by atoms with Gasteiger partial charge in [0.25, 0.3) is 0 Å². The molecule has 0 unspecified atom stereocenters. The number of anilines is 1. The maximum atomic E-state index is 4.62. The summed E-state index contributed by atoms with van der Waals surface area (Å²) >= 11 is 0. The van der Waals surface area contributed by atoms with Crippen molar-refractivity contribution in [1.29, 1.82) is 0 Å². The Hall–Kier alpha value is -1.94. The second-order valence-electron chi connectivity index (χ2n) is 4.97. The predicted molar refractivity (Wildman–Crippen MR) is 82.7 cm³/mol. The Balaban J connectivity index is 2.12. The van der Waals surface area contributed by atoms with E-state index in [-0.39, 0.29) is 0 Å². The zero-order valence-electron chi connectivity index (χ0n) is 12.4. The minimum Gasteiger partial charge on any atom is -0.355 e. The molecule has 4 nitrogen and oxygen atoms in total. The monoisotopic (exact) mass is 270 g/mol. The van der Waals surface area contributed by atoms with Crippen molar-refractivity contribution in [2.45, 2.75) is 26.9 Å². The minimum absolute atomic E-state index is 0.833. The first kappa shape index (κ1) is 14.5. The fourth-order valence-electron chi connectivity index (χ4n) is 2.13. The fourth-order valence-corrected chi connectivity index (χ4v) is 2.13. The molecule has 0 fully saturated rings. The molecule has 2 aromatic rings. The Morgan fingerprint density at radius 1 is 1.15 bits per heavy atom. The first-order valence-electron chi connectivity index (χ1n) is 6.97. The molecule has 2 rings (SSSR count). The third kappa shape index (κ3) is 4.03. The highest BCUT2D eigenvalue weighted by Crippen LogP contribution is 2.16. The van der Waals surface area contributed by atoms with Gasteiger partial charge in [0.2, 0.25) is 0 Å². The number of pyridine rings is 2. The molecule has 0 aromatic carbocycles. The van der Waals surface area contributed by atoms with E-state index < -0.39 is 0 Å². The molecule has 0 saturated carbocycles. The molecule has 0 spiro atoms. The number of rotatable bonds is 6. The largest absolute Gasteiger partial charge is 0.355 e. The van der Waals surface area contributed by atoms with Crippen LogP contribution in [0.3, 0.4) is 0 Å². The van der Waals surface area contributed by atoms with Crippen LogP contribution in [0.25, 0.3) is 0 Å². The number of hydrogen-bond donors (Lipinski definition) is 1. The minimum atomic E-state index is 0.833. The van der Waals surface area contributed by atoms with Gasteiger partial charge in [0, 0.05) is 38.2 Å². The molecule has 2 heterocycles. The van der Waals surface area contributed by atoms with Crippen LogP contribution in [0.15, 0.2) is 36.7 Å². The van der Waals surface area contributed by atoms with E-state index in [1.54, 1.807) is 0 Å². The van der Waals surface area contributed by atoms with Gasteiger partial charge in [-0.25, -0.2) is 4.98 Å². The smallest absolute Gasteiger partial charge is 0.129 e. The van der Waals surface area contributed by atoms with Crippen molar-refractivity contribution in [3.63, 3.8) is 0 Å². The summed E-state index contributed by atoms with van der Waals surface area (Å²) in [6.07, 6.45) is 3.65. The Labute approximate surface area is 120 Å². The number of nitrogens with one attached hydrogen (secondary N) is 1. The topological polar surface area (TPSA) is 41.1 Å². The lowest BCUT2D eigenvalue weighted by Gasteiger charge is -2.19. The first-order valence-corrected chi connectivity index (χ1v) is 6.97. The van der Waals surface area contributed by atoms with Crippen LogP contribution in [0.5, 0.6) is 0 Å². The normalized spacial score (nSPS) is 10.6. The molecule has 0 aliphatic heterocycles. The van der Waals surface area contributed by atoms with Crippen LogP contribution >= 0.6 is 0 Å². The van der Waals surface area contributed by atoms with Gasteiger partial charge in [0.05, 0.1) is 0 Å². The second kappa shape index (κ2) is 7.01. The molecule has 0 radical (unpaired) electrons. The van der Waals surface area contributed by atoms with Crippen molar-refractivity contribution in [1.82, 2.24) is 15.3 Å². The second-order valence-corrected chi connectivity index (χ2v) is 4.97. The van der Waals surface area contributed by atoms with Crippen LogP contribution < -0.4 is 10.2 Å². The molecule has 20 heavy (non-hydrogen) atoms. The summed E-state index contributed by atoms with van der Waals surface area (Å²) in [5.74, 6) is 1.01. The summed E-state index contributed by atoms with van der Waals surface area (Å²) in [6, 6.07) is 8.35. The summed E-state index contributed by atoms with van der Waals surface area (Å²) in [7, 11) is 2.07. The maximum absolute atomic E-state index is 4.62. The highest BCUT2D eigenvalue weighted by atomic mass is 15.2. The molecule has 0 atom stereocenters. The fraction of sp³-hybridized carbons (Fsp3) is 0.375. The zero-order chi connectivity index (χ0) is 14.4. The van der Waals surface area contributed by atoms with E-state index in [4.69, 9.17) is 0 Å². The van der Waals surface area contributed by atoms with E-state index in [2.05, 4.69) is 46.3 Å². The lowest BCUT2D eigenvalue weighted by atomic mass is 10.2. The third-order valence-corrected chi connectivity index (χ3v) is 3.14. The zero-order valence-corrected chi connectivity index (χ0v) is 12.4. The summed E-state index contributed by atoms with van der Waals surface area (Å²) in [4.78, 5) is 10.8. The SMILES string of the molecule is CCNCc1cc(C)nc(N(C)Cc2ccncc2)c1. The molecule has 0 saturated heterocycles. The van der Waals surface area contributed by atoms with Crippen molar-refractivity contribution in [2.75, 3.05) is 18.5 Å². The van der Waals surface area contributed by atoms with Gasteiger partial charge in [0.15, 0.2) is 0 Å². The Morgan fingerprint density at radius 2 is 1.90 bits per heavy atom. The quantitative estimate of drug-likeness (QED) is 0.876. The lowest BCUT2D eigenvalue weighted by Crippen LogP contribution is -2.19. The molecule has 0 amide bonds. The lowest BCUT2D eigenvalue weighted by molar-refractivity contribution is 0.724. The van der Waals surface area contributed by atoms with E-state index in [9.17, 15) is 0 Å². The predicted octanol–water partition coefficient (Wildman–Crippen LogP) is 2.53. The van der Waals surface area contributed by atoms with Crippen molar-refractivity contribution in [2.24, 2.45) is 0 Å². The van der Waals surface area contributed by atoms with Crippen LogP contribution in [-0.2, 0) is 13.1 Å². The van der Waals surface area contributed by atoms with Gasteiger partial charge in [-0.3, -0.25) is 4.98 Å². The van der Waals surface area contributed by atoms with Crippen LogP contribution in [0.4, 0.5) is 5.82 Å². The first-order chi connectivity index (χ1) is 9.69. The van der Waals surface area contributed by atoms with E-state index >= 15 is 0 Å². The van der Waals surface area contributed by atoms with Gasteiger partial charge in [-0.15, -0.1) is 0 Å². The van der Waals surface area contributed by atoms with Gasteiger partial charge >= 0.3 is 0 Å². The molecule has 0 aliphatic rings. The summed E-state index contributed by atoms with van der Waals surface area (Å²) < 4.78 is 0. The Kier molecular flexibility index (Phi) is 5.07. The van der Waals surface area contributed by atoms with Crippen molar-refractivity contribution in [3.8, 4) is 0 Å². The van der Waals surface area contributed by atoms with E-state index in [1.165, 1.54) is 11.1 Å². The molecule has 4 heteroatoms. The number of nitrogens with zero attached hydrogens (tertiary/aromatic N) is 3. The van der Waals surface area contributed by atoms with Crippen molar-refractivity contribution < 1.29 is 0 Å². The summed E-state index contributed by atoms with van der Waals surface area (Å²) in [5.41, 5.74) is 3.56. The Bertz CT molecular complexity index is 539. The third-order valence-electron chi connectivity index (χ3n) is 3.14. The number of hydrogen-bond acceptors (Lipinski definition) is 4. The average Bonchev–Trinajstić information content (AvgIpc) is 2.45. The Morgan fingerprint density at radius 3 is 2.60 bits per heavy atom. The number of aromatic nitrogens is 2. The van der Waals surface area contributed by atoms with Gasteiger partial charge in [0.1, 0.15) is 5.82 Å². The van der Waals surface area contributed by atoms with E-state index in [0.29, 0.717) is 0 Å². The van der Waals surface area contributed by atoms with Crippen LogP contribution in [0.2, 0.25) is 0 Å². The molecular formula is C16H22N4. The molecular weight excluding hydrogens is 248 g/mol. The van der Waals surface area contributed by atoms with E-state index in [1.807, 2.05) is 31.5 Å². The maximum Gasteiger partial charge on any atom is 0.129 e. The van der Waals surface area contributed by atoms with Crippen molar-refractivity contribution in [3.05, 3.63) is 53.5 Å². The molecule has 1 N–H and O–H groups in total. The van der Waals surface area contributed by atoms with Crippen molar-refractivity contribution >= 4 is 5.82 Å². The van der Waals surface area contributed by atoms with Gasteiger partial charge in [-0.1, -0.05) is 6.92 Å². The summed E-state index contributed by atoms with van der Waals surface area (Å²) in [6.45, 7) is 6.85. The van der Waals surface area contributed by atoms with Gasteiger partial charge in [-0.05, 0) is 48.9 Å². The van der Waals surface area contributed by atoms with Gasteiger partial charge < -0.3 is 10.2 Å². The van der Waals surface area contributed by atoms with Crippen LogP contribution in [-0.4, -0.2) is 23.6 Å². The molecule has 106 valence electrons. The molecule has 0 aliphatic carbocycles. The number of aryl methyl sites for hydroxylation is 1. The van der Waals surface area contributed by atoms with E-state index in [0.717, 1.165) is 31.1 Å². The standard InChI is InChI=1S/C16H22N4/c1-4-17-11-15-9-13(2)19-16(10-15)20(3)12-14-5-7-18-8-6-14/h5-10,17H,4,11-12H2,1-3H3. The van der Waals surface area contributed by atoms with Crippen LogP contribution in [0.1, 0.15) is 23.7 Å². The summed E-state index contributed by atoms with van der Waals surface area (Å²) in [5, 5.41) is 3.35. The average molecular weight is 270 g/mol. The highest BCUT2D eigenvalue weighted by molar-refractivity contribution is 5.42. The molecule has 0 bridgehead atoms. The highest BCUT2D eigenvalue weighted by Gasteiger charge is 2.06. The molecule has 2 aromatic heterocycles. The van der Waals surface area contributed by atoms with Crippen LogP contribution in [0, 0.1) is 6.92 Å².